The number of fused-ring (bicyclic) bond motifs is 2. The fraction of sp³-hybridized carbons (Fsp3) is 0.296. The maximum absolute atomic E-state index is 2.45. The Morgan fingerprint density at radius 1 is 0.893 bits per heavy atom. The Bertz CT molecular complexity index is 725. The largest absolute Gasteiger partial charge is 0.358 e. The quantitative estimate of drug-likeness (QED) is 0.213. The van der Waals surface area contributed by atoms with Crippen LogP contribution >= 0.6 is 0 Å². The van der Waals surface area contributed by atoms with Gasteiger partial charge < -0.3 is 37.1 Å². The fourth-order valence-corrected chi connectivity index (χ4v) is 3.61. The summed E-state index contributed by atoms with van der Waals surface area (Å²) in [6.45, 7) is 9.32. The van der Waals surface area contributed by atoms with E-state index in [0.717, 1.165) is 0 Å². The number of rotatable bonds is 1. The summed E-state index contributed by atoms with van der Waals surface area (Å²) >= 11 is 0. The Morgan fingerprint density at radius 3 is 1.82 bits per heavy atom. The minimum Gasteiger partial charge on any atom is -0.358 e. The summed E-state index contributed by atoms with van der Waals surface area (Å²) in [4.78, 5) is 0. The smallest absolute Gasteiger partial charge is 0 e. The third kappa shape index (κ3) is 7.82. The van der Waals surface area contributed by atoms with Gasteiger partial charge in [-0.15, -0.1) is 34.5 Å². The van der Waals surface area contributed by atoms with Gasteiger partial charge in [0.1, 0.15) is 0 Å². The van der Waals surface area contributed by atoms with E-state index in [1.165, 1.54) is 29.2 Å². The van der Waals surface area contributed by atoms with Gasteiger partial charge in [0.05, 0.1) is 0 Å². The molecule has 0 atom stereocenters. The maximum Gasteiger partial charge on any atom is 0 e. The summed E-state index contributed by atoms with van der Waals surface area (Å²) in [6.07, 6.45) is 2.47. The molecule has 0 bridgehead atoms. The molecule has 0 saturated heterocycles. The average Bonchev–Trinajstić information content (AvgIpc) is 3.14. The first-order valence-corrected chi connectivity index (χ1v) is 8.34. The van der Waals surface area contributed by atoms with Crippen molar-refractivity contribution < 1.29 is 25.8 Å². The first-order chi connectivity index (χ1) is 10.5. The molecule has 1 aliphatic carbocycles. The Kier molecular flexibility index (Phi) is 17.4. The molecule has 0 unspecified atom stereocenters. The molecular weight excluding hydrogens is 503 g/mol. The molecule has 1 heteroatoms. The van der Waals surface area contributed by atoms with Crippen molar-refractivity contribution in [3.05, 3.63) is 108 Å². The molecule has 0 spiro atoms. The first kappa shape index (κ1) is 34.5. The van der Waals surface area contributed by atoms with Crippen LogP contribution in [0.4, 0.5) is 0 Å². The Hall–Kier alpha value is -0.950. The van der Waals surface area contributed by atoms with Crippen LogP contribution in [0.3, 0.4) is 0 Å². The number of hydrogen-bond acceptors (Lipinski definition) is 0. The van der Waals surface area contributed by atoms with Crippen LogP contribution in [-0.2, 0) is 38.7 Å². The molecule has 1 aliphatic rings. The SMILES string of the molecule is CC(C)[c-]1ccc2cc3c(cc21)CC(C)(C)C3.[CH3-].[CH3-].[CH3-].[CH3-].[CH3-].[Hf].c1cc[cH-]c1. The average molecular weight is 544 g/mol. The maximum atomic E-state index is 2.45. The van der Waals surface area contributed by atoms with Crippen molar-refractivity contribution in [3.8, 4) is 0 Å². The van der Waals surface area contributed by atoms with Crippen molar-refractivity contribution >= 4 is 10.8 Å². The molecule has 3 aromatic rings. The second kappa shape index (κ2) is 14.1. The summed E-state index contributed by atoms with van der Waals surface area (Å²) in [5, 5.41) is 2.92. The third-order valence-electron chi connectivity index (χ3n) is 4.64. The van der Waals surface area contributed by atoms with Gasteiger partial charge in [0.25, 0.3) is 0 Å². The van der Waals surface area contributed by atoms with Gasteiger partial charge >= 0.3 is 0 Å². The third-order valence-corrected chi connectivity index (χ3v) is 4.64. The molecule has 0 fully saturated rings. The summed E-state index contributed by atoms with van der Waals surface area (Å²) in [5.41, 5.74) is 5.12. The number of hydrogen-bond donors (Lipinski definition) is 0. The summed E-state index contributed by atoms with van der Waals surface area (Å²) < 4.78 is 0. The molecule has 0 amide bonds. The molecule has 4 rings (SSSR count). The predicted octanol–water partition coefficient (Wildman–Crippen LogP) is 8.46. The van der Waals surface area contributed by atoms with Gasteiger partial charge in [0.2, 0.25) is 0 Å². The molecule has 160 valence electrons. The van der Waals surface area contributed by atoms with E-state index in [9.17, 15) is 0 Å². The van der Waals surface area contributed by atoms with Crippen LogP contribution in [0.1, 0.15) is 50.3 Å². The van der Waals surface area contributed by atoms with Gasteiger partial charge in [-0.2, -0.15) is 24.3 Å². The van der Waals surface area contributed by atoms with Crippen molar-refractivity contribution in [2.75, 3.05) is 0 Å². The van der Waals surface area contributed by atoms with E-state index in [2.05, 4.69) is 52.0 Å². The molecule has 0 N–H and O–H groups in total. The van der Waals surface area contributed by atoms with Gasteiger partial charge in [-0.3, -0.25) is 0 Å². The molecule has 0 heterocycles. The molecule has 0 saturated carbocycles. The number of benzene rings is 1. The normalized spacial score (nSPS) is 12.3. The molecule has 0 aromatic heterocycles. The predicted molar refractivity (Wildman–Crippen MR) is 129 cm³/mol. The Balaban J connectivity index is -0.000000233. The van der Waals surface area contributed by atoms with Crippen LogP contribution in [0.25, 0.3) is 10.8 Å². The van der Waals surface area contributed by atoms with E-state index in [0.29, 0.717) is 11.3 Å². The van der Waals surface area contributed by atoms with Crippen LogP contribution in [-0.4, -0.2) is 0 Å². The zero-order valence-corrected chi connectivity index (χ0v) is 23.3. The first-order valence-electron chi connectivity index (χ1n) is 8.34. The Labute approximate surface area is 196 Å². The molecule has 0 aliphatic heterocycles. The van der Waals surface area contributed by atoms with Crippen molar-refractivity contribution in [2.45, 2.75) is 46.5 Å². The summed E-state index contributed by atoms with van der Waals surface area (Å²) in [5.74, 6) is 0.625. The molecule has 0 radical (unpaired) electrons. The standard InChI is InChI=1S/C17H21.C5H5.5CH3.Hf/c1-11(2)15-6-5-12-7-13-9-17(3,4)10-14(13)8-16(12)15;1-2-4-5-3-1;;;;;;/h5-8,11H,9-10H2,1-4H3;1-5H;5*1H3;/q7*-1;. The van der Waals surface area contributed by atoms with Gasteiger partial charge in [-0.25, -0.2) is 12.1 Å². The van der Waals surface area contributed by atoms with Crippen LogP contribution in [0.15, 0.2) is 54.6 Å². The van der Waals surface area contributed by atoms with Crippen molar-refractivity contribution in [2.24, 2.45) is 5.41 Å². The van der Waals surface area contributed by atoms with E-state index < -0.39 is 0 Å². The van der Waals surface area contributed by atoms with E-state index in [-0.39, 0.29) is 63.0 Å². The van der Waals surface area contributed by atoms with Gasteiger partial charge in [0.15, 0.2) is 0 Å². The second-order valence-corrected chi connectivity index (χ2v) is 7.63. The summed E-state index contributed by atoms with van der Waals surface area (Å²) in [7, 11) is 0. The van der Waals surface area contributed by atoms with Gasteiger partial charge in [0, 0.05) is 25.8 Å². The monoisotopic (exact) mass is 545 g/mol. The topological polar surface area (TPSA) is 0 Å². The van der Waals surface area contributed by atoms with E-state index in [1.54, 1.807) is 11.1 Å². The van der Waals surface area contributed by atoms with Crippen molar-refractivity contribution in [1.82, 2.24) is 0 Å². The molecule has 3 aromatic carbocycles. The summed E-state index contributed by atoms with van der Waals surface area (Å²) in [6, 6.07) is 19.5. The minimum absolute atomic E-state index is 0. The van der Waals surface area contributed by atoms with Crippen molar-refractivity contribution in [1.29, 1.82) is 0 Å². The van der Waals surface area contributed by atoms with E-state index in [4.69, 9.17) is 0 Å². The molecule has 0 nitrogen and oxygen atoms in total. The van der Waals surface area contributed by atoms with E-state index >= 15 is 0 Å². The fourth-order valence-electron chi connectivity index (χ4n) is 3.61. The second-order valence-electron chi connectivity index (χ2n) is 7.63. The van der Waals surface area contributed by atoms with Crippen LogP contribution in [0, 0.1) is 42.5 Å². The van der Waals surface area contributed by atoms with Crippen LogP contribution in [0.5, 0.6) is 0 Å². The van der Waals surface area contributed by atoms with Gasteiger partial charge in [-0.1, -0.05) is 44.7 Å². The Morgan fingerprint density at radius 2 is 1.39 bits per heavy atom. The van der Waals surface area contributed by atoms with Crippen LogP contribution in [0.2, 0.25) is 0 Å². The zero-order valence-electron chi connectivity index (χ0n) is 19.7. The zero-order chi connectivity index (χ0) is 15.7. The van der Waals surface area contributed by atoms with Crippen LogP contribution < -0.4 is 0 Å². The minimum atomic E-state index is 0. The molecule has 28 heavy (non-hydrogen) atoms. The van der Waals surface area contributed by atoms with E-state index in [1.807, 2.05) is 30.3 Å². The van der Waals surface area contributed by atoms with Gasteiger partial charge in [-0.05, 0) is 18.3 Å². The molecular formula is C27H41Hf-7. The van der Waals surface area contributed by atoms with Crippen molar-refractivity contribution in [3.63, 3.8) is 0 Å².